The van der Waals surface area contributed by atoms with E-state index in [1.54, 1.807) is 20.4 Å². The summed E-state index contributed by atoms with van der Waals surface area (Å²) in [5.41, 5.74) is 7.79. The van der Waals surface area contributed by atoms with Crippen LogP contribution in [0.25, 0.3) is 11.3 Å². The van der Waals surface area contributed by atoms with Crippen LogP contribution in [0.15, 0.2) is 24.4 Å². The number of nitrogens with two attached hydrogens (primary N) is 1. The fourth-order valence-corrected chi connectivity index (χ4v) is 2.32. The van der Waals surface area contributed by atoms with Crippen LogP contribution in [0.4, 0.5) is 0 Å². The summed E-state index contributed by atoms with van der Waals surface area (Å²) in [6.07, 6.45) is 3.46. The Morgan fingerprint density at radius 2 is 1.90 bits per heavy atom. The monoisotopic (exact) mass is 289 g/mol. The number of H-pyrrole nitrogens is 1. The third-order valence-corrected chi connectivity index (χ3v) is 4.01. The molecule has 5 nitrogen and oxygen atoms in total. The molecule has 0 saturated carbocycles. The van der Waals surface area contributed by atoms with Gasteiger partial charge in [0.1, 0.15) is 17.3 Å². The van der Waals surface area contributed by atoms with Crippen molar-refractivity contribution < 1.29 is 9.47 Å². The Kier molecular flexibility index (Phi) is 4.53. The number of nitrogens with zero attached hydrogens (tertiary/aromatic N) is 1. The normalized spacial score (nSPS) is 11.5. The molecule has 1 aromatic carbocycles. The summed E-state index contributed by atoms with van der Waals surface area (Å²) in [5.74, 6) is 2.30. The molecule has 0 atom stereocenters. The number of methoxy groups -OCH3 is 2. The van der Waals surface area contributed by atoms with Gasteiger partial charge in [-0.1, -0.05) is 13.8 Å². The Morgan fingerprint density at radius 1 is 1.19 bits per heavy atom. The predicted molar refractivity (Wildman–Crippen MR) is 83.6 cm³/mol. The third kappa shape index (κ3) is 2.88. The maximum absolute atomic E-state index is 6.38. The lowest BCUT2D eigenvalue weighted by Gasteiger charge is -2.23. The van der Waals surface area contributed by atoms with Gasteiger partial charge in [0.25, 0.3) is 0 Å². The van der Waals surface area contributed by atoms with E-state index in [2.05, 4.69) is 23.8 Å². The summed E-state index contributed by atoms with van der Waals surface area (Å²) in [6, 6.07) is 5.70. The number of imidazole rings is 1. The fraction of sp³-hybridized carbons (Fsp3) is 0.438. The van der Waals surface area contributed by atoms with Crippen molar-refractivity contribution in [3.63, 3.8) is 0 Å². The lowest BCUT2D eigenvalue weighted by atomic mass is 9.93. The van der Waals surface area contributed by atoms with E-state index in [4.69, 9.17) is 15.2 Å². The Hall–Kier alpha value is -2.01. The minimum Gasteiger partial charge on any atom is -0.497 e. The van der Waals surface area contributed by atoms with E-state index in [9.17, 15) is 0 Å². The molecule has 0 aliphatic heterocycles. The molecule has 0 bridgehead atoms. The molecule has 1 heterocycles. The second-order valence-corrected chi connectivity index (χ2v) is 5.07. The highest BCUT2D eigenvalue weighted by molar-refractivity contribution is 5.68. The maximum Gasteiger partial charge on any atom is 0.131 e. The Morgan fingerprint density at radius 3 is 2.48 bits per heavy atom. The summed E-state index contributed by atoms with van der Waals surface area (Å²) < 4.78 is 10.6. The summed E-state index contributed by atoms with van der Waals surface area (Å²) in [5, 5.41) is 0. The van der Waals surface area contributed by atoms with Gasteiger partial charge in [-0.05, 0) is 25.0 Å². The van der Waals surface area contributed by atoms with E-state index in [0.29, 0.717) is 0 Å². The summed E-state index contributed by atoms with van der Waals surface area (Å²) >= 11 is 0. The highest BCUT2D eigenvalue weighted by atomic mass is 16.5. The van der Waals surface area contributed by atoms with E-state index in [0.717, 1.165) is 41.4 Å². The third-order valence-electron chi connectivity index (χ3n) is 4.01. The zero-order chi connectivity index (χ0) is 15.5. The predicted octanol–water partition coefficient (Wildman–Crippen LogP) is 3.07. The molecule has 0 amide bonds. The zero-order valence-corrected chi connectivity index (χ0v) is 13.1. The van der Waals surface area contributed by atoms with Gasteiger partial charge >= 0.3 is 0 Å². The molecule has 0 radical (unpaired) electrons. The van der Waals surface area contributed by atoms with Crippen molar-refractivity contribution in [2.45, 2.75) is 32.2 Å². The summed E-state index contributed by atoms with van der Waals surface area (Å²) in [6.45, 7) is 4.14. The number of nitrogens with one attached hydrogen (secondary N) is 1. The van der Waals surface area contributed by atoms with Crippen LogP contribution < -0.4 is 15.2 Å². The van der Waals surface area contributed by atoms with Crippen LogP contribution in [0.3, 0.4) is 0 Å². The SMILES string of the molecule is CCC(N)(CC)c1ncc(-c2ccc(OC)cc2OC)[nH]1. The van der Waals surface area contributed by atoms with Gasteiger partial charge in [-0.15, -0.1) is 0 Å². The fourth-order valence-electron chi connectivity index (χ4n) is 2.32. The minimum atomic E-state index is -0.419. The number of hydrogen-bond donors (Lipinski definition) is 2. The number of ether oxygens (including phenoxy) is 2. The van der Waals surface area contributed by atoms with Crippen LogP contribution in [-0.4, -0.2) is 24.2 Å². The first-order valence-corrected chi connectivity index (χ1v) is 7.14. The number of aromatic amines is 1. The number of aromatic nitrogens is 2. The minimum absolute atomic E-state index is 0.419. The first-order chi connectivity index (χ1) is 10.1. The van der Waals surface area contributed by atoms with Crippen molar-refractivity contribution >= 4 is 0 Å². The molecule has 1 aromatic heterocycles. The van der Waals surface area contributed by atoms with Crippen LogP contribution in [0.2, 0.25) is 0 Å². The zero-order valence-electron chi connectivity index (χ0n) is 13.1. The molecule has 5 heteroatoms. The number of hydrogen-bond acceptors (Lipinski definition) is 4. The molecule has 0 unspecified atom stereocenters. The molecule has 2 aromatic rings. The van der Waals surface area contributed by atoms with E-state index in [1.165, 1.54) is 0 Å². The van der Waals surface area contributed by atoms with Crippen molar-refractivity contribution in [2.24, 2.45) is 5.73 Å². The molecule has 0 fully saturated rings. The molecule has 2 rings (SSSR count). The van der Waals surface area contributed by atoms with Crippen molar-refractivity contribution in [3.8, 4) is 22.8 Å². The second-order valence-electron chi connectivity index (χ2n) is 5.07. The van der Waals surface area contributed by atoms with Gasteiger partial charge in [-0.25, -0.2) is 4.98 Å². The molecular weight excluding hydrogens is 266 g/mol. The lowest BCUT2D eigenvalue weighted by molar-refractivity contribution is 0.390. The van der Waals surface area contributed by atoms with E-state index < -0.39 is 5.54 Å². The first-order valence-electron chi connectivity index (χ1n) is 7.14. The smallest absolute Gasteiger partial charge is 0.131 e. The van der Waals surface area contributed by atoms with E-state index >= 15 is 0 Å². The molecule has 21 heavy (non-hydrogen) atoms. The van der Waals surface area contributed by atoms with Crippen LogP contribution in [-0.2, 0) is 5.54 Å². The van der Waals surface area contributed by atoms with Gasteiger partial charge in [-0.2, -0.15) is 0 Å². The standard InChI is InChI=1S/C16H23N3O2/c1-5-16(17,6-2)15-18-10-13(19-15)12-8-7-11(20-3)9-14(12)21-4/h7-10H,5-6,17H2,1-4H3,(H,18,19). The largest absolute Gasteiger partial charge is 0.497 e. The average Bonchev–Trinajstić information content (AvgIpc) is 3.03. The van der Waals surface area contributed by atoms with Gasteiger partial charge in [0.2, 0.25) is 0 Å². The van der Waals surface area contributed by atoms with Crippen LogP contribution in [0, 0.1) is 0 Å². The van der Waals surface area contributed by atoms with Crippen molar-refractivity contribution in [2.75, 3.05) is 14.2 Å². The Bertz CT molecular complexity index is 603. The van der Waals surface area contributed by atoms with Gasteiger partial charge in [0, 0.05) is 11.6 Å². The average molecular weight is 289 g/mol. The lowest BCUT2D eigenvalue weighted by Crippen LogP contribution is -2.36. The highest BCUT2D eigenvalue weighted by Crippen LogP contribution is 2.33. The quantitative estimate of drug-likeness (QED) is 0.857. The topological polar surface area (TPSA) is 73.2 Å². The molecular formula is C16H23N3O2. The van der Waals surface area contributed by atoms with Crippen LogP contribution in [0.5, 0.6) is 11.5 Å². The van der Waals surface area contributed by atoms with Crippen LogP contribution in [0.1, 0.15) is 32.5 Å². The molecule has 114 valence electrons. The molecule has 3 N–H and O–H groups in total. The summed E-state index contributed by atoms with van der Waals surface area (Å²) in [4.78, 5) is 7.78. The number of benzene rings is 1. The van der Waals surface area contributed by atoms with E-state index in [1.807, 2.05) is 18.2 Å². The molecule has 0 aliphatic carbocycles. The van der Waals surface area contributed by atoms with Crippen molar-refractivity contribution in [1.82, 2.24) is 9.97 Å². The first kappa shape index (κ1) is 15.4. The van der Waals surface area contributed by atoms with E-state index in [-0.39, 0.29) is 0 Å². The summed E-state index contributed by atoms with van der Waals surface area (Å²) in [7, 11) is 3.27. The highest BCUT2D eigenvalue weighted by Gasteiger charge is 2.26. The van der Waals surface area contributed by atoms with Gasteiger partial charge in [0.15, 0.2) is 0 Å². The van der Waals surface area contributed by atoms with Gasteiger partial charge in [0.05, 0.1) is 31.6 Å². The number of rotatable bonds is 6. The maximum atomic E-state index is 6.38. The molecule has 0 saturated heterocycles. The second kappa shape index (κ2) is 6.18. The Labute approximate surface area is 125 Å². The van der Waals surface area contributed by atoms with Crippen molar-refractivity contribution in [3.05, 3.63) is 30.2 Å². The van der Waals surface area contributed by atoms with Gasteiger partial charge in [-0.3, -0.25) is 0 Å². The van der Waals surface area contributed by atoms with Gasteiger partial charge < -0.3 is 20.2 Å². The Balaban J connectivity index is 2.42. The van der Waals surface area contributed by atoms with Crippen LogP contribution >= 0.6 is 0 Å². The molecule has 0 aliphatic rings. The molecule has 0 spiro atoms. The van der Waals surface area contributed by atoms with Crippen molar-refractivity contribution in [1.29, 1.82) is 0 Å².